The Morgan fingerprint density at radius 2 is 1.90 bits per heavy atom. The van der Waals surface area contributed by atoms with Gasteiger partial charge in [-0.3, -0.25) is 4.79 Å². The molecule has 2 N–H and O–H groups in total. The number of urea groups is 1. The lowest BCUT2D eigenvalue weighted by Crippen LogP contribution is -2.66. The van der Waals surface area contributed by atoms with Gasteiger partial charge in [-0.2, -0.15) is 0 Å². The number of hydrogen-bond acceptors (Lipinski definition) is 3. The number of rotatable bonds is 4. The van der Waals surface area contributed by atoms with Crippen LogP contribution in [0, 0.1) is 5.92 Å². The molecule has 1 unspecified atom stereocenters. The number of carboxylic acids is 1. The maximum Gasteiger partial charge on any atom is 0.326 e. The molecule has 0 radical (unpaired) electrons. The van der Waals surface area contributed by atoms with Crippen molar-refractivity contribution in [1.82, 2.24) is 15.1 Å². The smallest absolute Gasteiger partial charge is 0.326 e. The monoisotopic (exact) mass is 299 g/mol. The highest BCUT2D eigenvalue weighted by molar-refractivity contribution is 5.92. The number of nitrogens with one attached hydrogen (secondary N) is 1. The molecule has 1 aliphatic heterocycles. The Balaban J connectivity index is 2.82. The third-order valence-electron chi connectivity index (χ3n) is 3.75. The molecular weight excluding hydrogens is 274 g/mol. The molecular formula is C14H25N3O4. The van der Waals surface area contributed by atoms with E-state index in [0.717, 1.165) is 0 Å². The van der Waals surface area contributed by atoms with E-state index >= 15 is 0 Å². The summed E-state index contributed by atoms with van der Waals surface area (Å²) < 4.78 is 0. The molecule has 1 aliphatic rings. The topological polar surface area (TPSA) is 90.0 Å². The van der Waals surface area contributed by atoms with Gasteiger partial charge in [0.2, 0.25) is 5.91 Å². The van der Waals surface area contributed by atoms with Gasteiger partial charge in [0.05, 0.1) is 0 Å². The molecule has 7 nitrogen and oxygen atoms in total. The van der Waals surface area contributed by atoms with Crippen LogP contribution in [0.1, 0.15) is 34.1 Å². The number of aliphatic carboxylic acids is 1. The largest absolute Gasteiger partial charge is 0.480 e. The second-order valence-corrected chi connectivity index (χ2v) is 6.41. The number of carbonyl (C=O) groups excluding carboxylic acids is 2. The fourth-order valence-electron chi connectivity index (χ4n) is 2.49. The normalized spacial score (nSPS) is 19.6. The van der Waals surface area contributed by atoms with Crippen molar-refractivity contribution in [3.8, 4) is 0 Å². The average molecular weight is 299 g/mol. The summed E-state index contributed by atoms with van der Waals surface area (Å²) in [7, 11) is 1.69. The minimum atomic E-state index is -1.06. The Morgan fingerprint density at radius 1 is 1.33 bits per heavy atom. The molecule has 0 bridgehead atoms. The highest BCUT2D eigenvalue weighted by Crippen LogP contribution is 2.22. The van der Waals surface area contributed by atoms with Crippen molar-refractivity contribution >= 4 is 17.9 Å². The van der Waals surface area contributed by atoms with E-state index in [1.54, 1.807) is 25.8 Å². The van der Waals surface area contributed by atoms with E-state index in [2.05, 4.69) is 5.32 Å². The number of amides is 3. The zero-order valence-electron chi connectivity index (χ0n) is 13.3. The first kappa shape index (κ1) is 17.3. The third-order valence-corrected chi connectivity index (χ3v) is 3.75. The van der Waals surface area contributed by atoms with Crippen molar-refractivity contribution in [1.29, 1.82) is 0 Å². The number of carbonyl (C=O) groups is 3. The minimum absolute atomic E-state index is 0.147. The molecule has 0 aromatic heterocycles. The van der Waals surface area contributed by atoms with E-state index in [-0.39, 0.29) is 11.8 Å². The molecule has 7 heteroatoms. The van der Waals surface area contributed by atoms with Gasteiger partial charge in [0.1, 0.15) is 11.6 Å². The van der Waals surface area contributed by atoms with Crippen molar-refractivity contribution in [2.75, 3.05) is 20.1 Å². The zero-order chi connectivity index (χ0) is 16.4. The minimum Gasteiger partial charge on any atom is -0.480 e. The molecule has 1 fully saturated rings. The van der Waals surface area contributed by atoms with Crippen LogP contribution in [-0.2, 0) is 9.59 Å². The number of hydrogen-bond donors (Lipinski definition) is 2. The van der Waals surface area contributed by atoms with Crippen LogP contribution in [0.5, 0.6) is 0 Å². The van der Waals surface area contributed by atoms with Crippen LogP contribution in [0.2, 0.25) is 0 Å². The molecule has 0 aliphatic carbocycles. The quantitative estimate of drug-likeness (QED) is 0.801. The van der Waals surface area contributed by atoms with Crippen LogP contribution in [-0.4, -0.2) is 64.5 Å². The summed E-state index contributed by atoms with van der Waals surface area (Å²) in [6, 6.07) is -1.45. The number of nitrogens with zero attached hydrogens (tertiary/aromatic N) is 2. The van der Waals surface area contributed by atoms with Crippen LogP contribution >= 0.6 is 0 Å². The lowest BCUT2D eigenvalue weighted by Gasteiger charge is -2.44. The second-order valence-electron chi connectivity index (χ2n) is 6.41. The molecule has 0 aromatic rings. The van der Waals surface area contributed by atoms with Crippen LogP contribution in [0.15, 0.2) is 0 Å². The van der Waals surface area contributed by atoms with Crippen molar-refractivity contribution in [3.05, 3.63) is 0 Å². The average Bonchev–Trinajstić information content (AvgIpc) is 2.34. The van der Waals surface area contributed by atoms with Gasteiger partial charge in [0.25, 0.3) is 0 Å². The first-order valence-electron chi connectivity index (χ1n) is 7.14. The van der Waals surface area contributed by atoms with Crippen molar-refractivity contribution in [2.45, 2.75) is 45.7 Å². The molecule has 0 spiro atoms. The highest BCUT2D eigenvalue weighted by atomic mass is 16.4. The fraction of sp³-hybridized carbons (Fsp3) is 0.786. The predicted molar refractivity (Wildman–Crippen MR) is 77.8 cm³/mol. The fourth-order valence-corrected chi connectivity index (χ4v) is 2.49. The lowest BCUT2D eigenvalue weighted by molar-refractivity contribution is -0.144. The van der Waals surface area contributed by atoms with Gasteiger partial charge in [0.15, 0.2) is 0 Å². The molecule has 1 heterocycles. The van der Waals surface area contributed by atoms with E-state index in [4.69, 9.17) is 0 Å². The summed E-state index contributed by atoms with van der Waals surface area (Å²) in [5, 5.41) is 11.7. The van der Waals surface area contributed by atoms with E-state index in [0.29, 0.717) is 19.5 Å². The first-order chi connectivity index (χ1) is 9.57. The Hall–Kier alpha value is -1.79. The van der Waals surface area contributed by atoms with Crippen LogP contribution in [0.3, 0.4) is 0 Å². The second kappa shape index (κ2) is 6.32. The van der Waals surface area contributed by atoms with Crippen LogP contribution in [0.25, 0.3) is 0 Å². The van der Waals surface area contributed by atoms with Crippen LogP contribution < -0.4 is 5.32 Å². The molecule has 1 saturated heterocycles. The van der Waals surface area contributed by atoms with E-state index in [1.165, 1.54) is 4.90 Å². The Bertz CT molecular complexity index is 434. The summed E-state index contributed by atoms with van der Waals surface area (Å²) in [4.78, 5) is 38.7. The van der Waals surface area contributed by atoms with Gasteiger partial charge in [-0.15, -0.1) is 0 Å². The van der Waals surface area contributed by atoms with Gasteiger partial charge in [0, 0.05) is 20.1 Å². The lowest BCUT2D eigenvalue weighted by atomic mass is 9.98. The van der Waals surface area contributed by atoms with Gasteiger partial charge >= 0.3 is 12.0 Å². The Morgan fingerprint density at radius 3 is 2.38 bits per heavy atom. The van der Waals surface area contributed by atoms with Gasteiger partial charge < -0.3 is 20.2 Å². The molecule has 1 rings (SSSR count). The van der Waals surface area contributed by atoms with Gasteiger partial charge in [-0.1, -0.05) is 13.8 Å². The number of piperazine rings is 1. The summed E-state index contributed by atoms with van der Waals surface area (Å²) in [5.74, 6) is -1.07. The zero-order valence-corrected chi connectivity index (χ0v) is 13.3. The summed E-state index contributed by atoms with van der Waals surface area (Å²) in [6.45, 7) is 7.95. The molecule has 0 saturated carbocycles. The SMILES string of the molecule is CC(C)CC(NC(=O)N1CCN(C)C(=O)C1(C)C)C(=O)O. The van der Waals surface area contributed by atoms with Crippen molar-refractivity contribution < 1.29 is 19.5 Å². The van der Waals surface area contributed by atoms with Gasteiger partial charge in [-0.05, 0) is 26.2 Å². The molecule has 3 amide bonds. The molecule has 1 atom stereocenters. The summed E-state index contributed by atoms with van der Waals surface area (Å²) in [5.41, 5.74) is -0.974. The van der Waals surface area contributed by atoms with E-state index < -0.39 is 23.6 Å². The van der Waals surface area contributed by atoms with Crippen molar-refractivity contribution in [3.63, 3.8) is 0 Å². The molecule has 21 heavy (non-hydrogen) atoms. The van der Waals surface area contributed by atoms with Crippen molar-refractivity contribution in [2.24, 2.45) is 5.92 Å². The highest BCUT2D eigenvalue weighted by Gasteiger charge is 2.43. The molecule has 0 aromatic carbocycles. The maximum atomic E-state index is 12.3. The standard InChI is InChI=1S/C14H25N3O4/c1-9(2)8-10(11(18)19)15-13(21)17-7-6-16(5)12(20)14(17,3)4/h9-10H,6-8H2,1-5H3,(H,15,21)(H,18,19). The third kappa shape index (κ3) is 3.86. The number of carboxylic acid groups (broad SMARTS) is 1. The number of likely N-dealkylation sites (N-methyl/N-ethyl adjacent to an activating group) is 1. The maximum absolute atomic E-state index is 12.3. The van der Waals surface area contributed by atoms with E-state index in [9.17, 15) is 19.5 Å². The Labute approximate surface area is 125 Å². The van der Waals surface area contributed by atoms with Crippen LogP contribution in [0.4, 0.5) is 4.79 Å². The van der Waals surface area contributed by atoms with Gasteiger partial charge in [-0.25, -0.2) is 9.59 Å². The van der Waals surface area contributed by atoms with E-state index in [1.807, 2.05) is 13.8 Å². The Kier molecular flexibility index (Phi) is 5.20. The summed E-state index contributed by atoms with van der Waals surface area (Å²) >= 11 is 0. The summed E-state index contributed by atoms with van der Waals surface area (Å²) in [6.07, 6.45) is 0.350. The molecule has 120 valence electrons. The predicted octanol–water partition coefficient (Wildman–Crippen LogP) is 0.748. The first-order valence-corrected chi connectivity index (χ1v) is 7.14.